The zero-order valence-corrected chi connectivity index (χ0v) is 6.40. The highest BCUT2D eigenvalue weighted by molar-refractivity contribution is 7.99. The fourth-order valence-corrected chi connectivity index (χ4v) is 1.32. The topological polar surface area (TPSA) is 3.24 Å². The highest BCUT2D eigenvalue weighted by Gasteiger charge is 1.97. The SMILES string of the molecule is CCN1CC=CC=CS1. The minimum absolute atomic E-state index is 1.06. The van der Waals surface area contributed by atoms with Crippen molar-refractivity contribution < 1.29 is 0 Å². The molecule has 0 aromatic carbocycles. The summed E-state index contributed by atoms with van der Waals surface area (Å²) >= 11 is 1.77. The van der Waals surface area contributed by atoms with Crippen molar-refractivity contribution in [3.8, 4) is 0 Å². The van der Waals surface area contributed by atoms with Gasteiger partial charge in [0.05, 0.1) is 0 Å². The van der Waals surface area contributed by atoms with Gasteiger partial charge in [0.25, 0.3) is 0 Å². The second-order valence-electron chi connectivity index (χ2n) is 1.84. The van der Waals surface area contributed by atoms with Crippen molar-refractivity contribution in [2.45, 2.75) is 6.92 Å². The second-order valence-corrected chi connectivity index (χ2v) is 2.84. The summed E-state index contributed by atoms with van der Waals surface area (Å²) in [5.41, 5.74) is 0. The number of nitrogens with zero attached hydrogens (tertiary/aromatic N) is 1. The first-order chi connectivity index (χ1) is 4.43. The zero-order chi connectivity index (χ0) is 6.53. The highest BCUT2D eigenvalue weighted by Crippen LogP contribution is 2.12. The van der Waals surface area contributed by atoms with Gasteiger partial charge in [0.15, 0.2) is 0 Å². The van der Waals surface area contributed by atoms with E-state index < -0.39 is 0 Å². The Kier molecular flexibility index (Phi) is 2.87. The summed E-state index contributed by atoms with van der Waals surface area (Å²) in [5, 5.41) is 2.10. The third kappa shape index (κ3) is 2.24. The lowest BCUT2D eigenvalue weighted by Crippen LogP contribution is -2.12. The molecule has 0 aliphatic carbocycles. The van der Waals surface area contributed by atoms with Gasteiger partial charge >= 0.3 is 0 Å². The van der Waals surface area contributed by atoms with Crippen LogP contribution in [0.3, 0.4) is 0 Å². The highest BCUT2D eigenvalue weighted by atomic mass is 32.2. The van der Waals surface area contributed by atoms with Crippen LogP contribution in [0.4, 0.5) is 0 Å². The van der Waals surface area contributed by atoms with Gasteiger partial charge in [0, 0.05) is 13.1 Å². The van der Waals surface area contributed by atoms with Crippen molar-refractivity contribution in [1.82, 2.24) is 4.31 Å². The lowest BCUT2D eigenvalue weighted by molar-refractivity contribution is 0.554. The van der Waals surface area contributed by atoms with Crippen LogP contribution in [0.2, 0.25) is 0 Å². The fraction of sp³-hybridized carbons (Fsp3) is 0.429. The van der Waals surface area contributed by atoms with Crippen molar-refractivity contribution in [3.63, 3.8) is 0 Å². The largest absolute Gasteiger partial charge is 0.243 e. The molecule has 0 aromatic rings. The van der Waals surface area contributed by atoms with E-state index >= 15 is 0 Å². The van der Waals surface area contributed by atoms with E-state index in [1.54, 1.807) is 11.9 Å². The molecule has 0 saturated carbocycles. The van der Waals surface area contributed by atoms with Crippen molar-refractivity contribution in [2.75, 3.05) is 13.1 Å². The molecule has 1 heterocycles. The van der Waals surface area contributed by atoms with Crippen LogP contribution in [-0.2, 0) is 0 Å². The quantitative estimate of drug-likeness (QED) is 0.514. The fourth-order valence-electron chi connectivity index (χ4n) is 0.670. The molecule has 0 radical (unpaired) electrons. The molecule has 1 aliphatic rings. The standard InChI is InChI=1S/C7H11NS/c1-2-8-6-4-3-5-7-9-8/h3-5,7H,2,6H2,1H3. The molecule has 0 N–H and O–H groups in total. The lowest BCUT2D eigenvalue weighted by atomic mass is 10.5. The molecule has 9 heavy (non-hydrogen) atoms. The Morgan fingerprint density at radius 3 is 3.22 bits per heavy atom. The molecule has 0 spiro atoms. The molecular weight excluding hydrogens is 130 g/mol. The molecule has 0 amide bonds. The predicted molar refractivity (Wildman–Crippen MR) is 43.1 cm³/mol. The van der Waals surface area contributed by atoms with Crippen LogP contribution in [0.25, 0.3) is 0 Å². The minimum atomic E-state index is 1.06. The van der Waals surface area contributed by atoms with E-state index in [2.05, 4.69) is 34.9 Å². The monoisotopic (exact) mass is 141 g/mol. The van der Waals surface area contributed by atoms with Gasteiger partial charge < -0.3 is 0 Å². The molecule has 0 bridgehead atoms. The Labute approximate surface area is 60.6 Å². The normalized spacial score (nSPS) is 20.1. The molecule has 1 nitrogen and oxygen atoms in total. The van der Waals surface area contributed by atoms with E-state index in [0.29, 0.717) is 0 Å². The molecule has 50 valence electrons. The molecule has 0 aromatic heterocycles. The van der Waals surface area contributed by atoms with Crippen LogP contribution >= 0.6 is 11.9 Å². The summed E-state index contributed by atoms with van der Waals surface area (Å²) in [5.74, 6) is 0. The van der Waals surface area contributed by atoms with Crippen molar-refractivity contribution in [2.24, 2.45) is 0 Å². The van der Waals surface area contributed by atoms with E-state index in [0.717, 1.165) is 13.1 Å². The summed E-state index contributed by atoms with van der Waals surface area (Å²) in [4.78, 5) is 0. The van der Waals surface area contributed by atoms with Gasteiger partial charge in [-0.3, -0.25) is 0 Å². The number of likely N-dealkylation sites (N-methyl/N-ethyl adjacent to an activating group) is 1. The summed E-state index contributed by atoms with van der Waals surface area (Å²) in [6.07, 6.45) is 6.32. The molecule has 0 fully saturated rings. The number of hydrogen-bond acceptors (Lipinski definition) is 2. The van der Waals surface area contributed by atoms with Crippen LogP contribution in [0, 0.1) is 0 Å². The van der Waals surface area contributed by atoms with E-state index in [-0.39, 0.29) is 0 Å². The van der Waals surface area contributed by atoms with Crippen LogP contribution in [0.15, 0.2) is 23.6 Å². The lowest BCUT2D eigenvalue weighted by Gasteiger charge is -2.12. The maximum absolute atomic E-state index is 2.29. The van der Waals surface area contributed by atoms with Gasteiger partial charge in [-0.05, 0) is 17.4 Å². The maximum atomic E-state index is 2.29. The Hall–Kier alpha value is -0.210. The third-order valence-electron chi connectivity index (χ3n) is 1.20. The smallest absolute Gasteiger partial charge is 0.0276 e. The van der Waals surface area contributed by atoms with E-state index in [1.807, 2.05) is 0 Å². The second kappa shape index (κ2) is 3.75. The van der Waals surface area contributed by atoms with Crippen LogP contribution in [0.1, 0.15) is 6.92 Å². The predicted octanol–water partition coefficient (Wildman–Crippen LogP) is 2.04. The first-order valence-electron chi connectivity index (χ1n) is 3.17. The number of rotatable bonds is 1. The van der Waals surface area contributed by atoms with Gasteiger partial charge in [0.1, 0.15) is 0 Å². The van der Waals surface area contributed by atoms with Crippen LogP contribution < -0.4 is 0 Å². The van der Waals surface area contributed by atoms with E-state index in [9.17, 15) is 0 Å². The molecule has 1 rings (SSSR count). The summed E-state index contributed by atoms with van der Waals surface area (Å²) in [6.45, 7) is 4.34. The van der Waals surface area contributed by atoms with E-state index in [4.69, 9.17) is 0 Å². The van der Waals surface area contributed by atoms with Gasteiger partial charge in [-0.15, -0.1) is 0 Å². The minimum Gasteiger partial charge on any atom is -0.243 e. The Balaban J connectivity index is 2.40. The summed E-state index contributed by atoms with van der Waals surface area (Å²) < 4.78 is 2.29. The molecule has 0 atom stereocenters. The summed E-state index contributed by atoms with van der Waals surface area (Å²) in [6, 6.07) is 0. The average Bonchev–Trinajstić information content (AvgIpc) is 2.13. The van der Waals surface area contributed by atoms with Gasteiger partial charge in [-0.2, -0.15) is 0 Å². The Bertz CT molecular complexity index is 115. The molecular formula is C7H11NS. The third-order valence-corrected chi connectivity index (χ3v) is 2.18. The molecule has 0 saturated heterocycles. The van der Waals surface area contributed by atoms with Gasteiger partial charge in [0.2, 0.25) is 0 Å². The van der Waals surface area contributed by atoms with Crippen molar-refractivity contribution in [3.05, 3.63) is 23.6 Å². The molecule has 0 unspecified atom stereocenters. The first-order valence-corrected chi connectivity index (χ1v) is 4.00. The molecule has 1 aliphatic heterocycles. The summed E-state index contributed by atoms with van der Waals surface area (Å²) in [7, 11) is 0. The average molecular weight is 141 g/mol. The zero-order valence-electron chi connectivity index (χ0n) is 5.58. The van der Waals surface area contributed by atoms with Gasteiger partial charge in [-0.25, -0.2) is 4.31 Å². The van der Waals surface area contributed by atoms with Gasteiger partial charge in [-0.1, -0.05) is 25.2 Å². The first kappa shape index (κ1) is 6.90. The molecule has 2 heteroatoms. The Morgan fingerprint density at radius 2 is 2.44 bits per heavy atom. The Morgan fingerprint density at radius 1 is 1.56 bits per heavy atom. The van der Waals surface area contributed by atoms with Crippen LogP contribution in [0.5, 0.6) is 0 Å². The van der Waals surface area contributed by atoms with Crippen LogP contribution in [-0.4, -0.2) is 17.4 Å². The van der Waals surface area contributed by atoms with E-state index in [1.165, 1.54) is 0 Å². The number of hydrogen-bond donors (Lipinski definition) is 0. The van der Waals surface area contributed by atoms with Crippen molar-refractivity contribution >= 4 is 11.9 Å². The maximum Gasteiger partial charge on any atom is 0.0276 e. The van der Waals surface area contributed by atoms with Crippen molar-refractivity contribution in [1.29, 1.82) is 0 Å². The number of allylic oxidation sites excluding steroid dienone is 2.